The van der Waals surface area contributed by atoms with Crippen LogP contribution in [-0.4, -0.2) is 17.6 Å². The van der Waals surface area contributed by atoms with Gasteiger partial charge in [-0.3, -0.25) is 9.59 Å². The lowest BCUT2D eigenvalue weighted by atomic mass is 9.83. The van der Waals surface area contributed by atoms with Crippen molar-refractivity contribution in [1.29, 1.82) is 0 Å². The van der Waals surface area contributed by atoms with Crippen LogP contribution < -0.4 is 4.90 Å². The minimum atomic E-state index is -0.0904. The first-order valence-corrected chi connectivity index (χ1v) is 8.75. The molecule has 128 valence electrons. The van der Waals surface area contributed by atoms with Crippen LogP contribution in [0, 0.1) is 0 Å². The van der Waals surface area contributed by atoms with Crippen LogP contribution in [0.15, 0.2) is 72.8 Å². The molecule has 0 saturated carbocycles. The molecule has 0 unspecified atom stereocenters. The van der Waals surface area contributed by atoms with E-state index in [1.807, 2.05) is 42.5 Å². The van der Waals surface area contributed by atoms with Gasteiger partial charge in [0.1, 0.15) is 0 Å². The van der Waals surface area contributed by atoms with Crippen molar-refractivity contribution in [2.24, 2.45) is 0 Å². The number of rotatable bonds is 3. The molecular formula is C23H19NO2. The summed E-state index contributed by atoms with van der Waals surface area (Å²) in [5.74, 6) is -0.179. The average molecular weight is 341 g/mol. The Bertz CT molecular complexity index is 1010. The van der Waals surface area contributed by atoms with Gasteiger partial charge in [-0.1, -0.05) is 54.6 Å². The number of carbonyl (C=O) groups is 2. The zero-order valence-electron chi connectivity index (χ0n) is 14.8. The molecule has 0 spiro atoms. The average Bonchev–Trinajstić information content (AvgIpc) is 2.67. The molecule has 26 heavy (non-hydrogen) atoms. The summed E-state index contributed by atoms with van der Waals surface area (Å²) in [6.45, 7) is 4.16. The normalized spacial score (nSPS) is 12.7. The second-order valence-electron chi connectivity index (χ2n) is 6.70. The van der Waals surface area contributed by atoms with Gasteiger partial charge in [0.15, 0.2) is 11.6 Å². The van der Waals surface area contributed by atoms with E-state index in [0.717, 1.165) is 11.4 Å². The summed E-state index contributed by atoms with van der Waals surface area (Å²) in [4.78, 5) is 28.3. The fourth-order valence-electron chi connectivity index (χ4n) is 3.63. The number of para-hydroxylation sites is 1. The molecule has 3 aromatic rings. The van der Waals surface area contributed by atoms with Gasteiger partial charge in [-0.05, 0) is 32.0 Å². The van der Waals surface area contributed by atoms with Crippen molar-refractivity contribution < 1.29 is 9.59 Å². The Labute approximate surface area is 152 Å². The Balaban J connectivity index is 1.96. The second-order valence-corrected chi connectivity index (χ2v) is 6.70. The predicted molar refractivity (Wildman–Crippen MR) is 103 cm³/mol. The fourth-order valence-corrected chi connectivity index (χ4v) is 3.63. The third-order valence-corrected chi connectivity index (χ3v) is 4.74. The van der Waals surface area contributed by atoms with Gasteiger partial charge in [0.05, 0.1) is 11.3 Å². The van der Waals surface area contributed by atoms with Crippen molar-refractivity contribution in [1.82, 2.24) is 0 Å². The number of anilines is 2. The maximum absolute atomic E-state index is 13.3. The van der Waals surface area contributed by atoms with E-state index in [0.29, 0.717) is 22.3 Å². The van der Waals surface area contributed by atoms with E-state index in [1.54, 1.807) is 30.3 Å². The number of benzene rings is 3. The maximum atomic E-state index is 13.3. The summed E-state index contributed by atoms with van der Waals surface area (Å²) in [6.07, 6.45) is 0. The molecule has 0 fully saturated rings. The van der Waals surface area contributed by atoms with Crippen LogP contribution >= 0.6 is 0 Å². The summed E-state index contributed by atoms with van der Waals surface area (Å²) in [7, 11) is 0. The van der Waals surface area contributed by atoms with Crippen molar-refractivity contribution in [2.45, 2.75) is 19.9 Å². The van der Waals surface area contributed by atoms with Crippen LogP contribution in [0.4, 0.5) is 11.4 Å². The summed E-state index contributed by atoms with van der Waals surface area (Å²) in [5, 5.41) is 0. The number of nitrogens with zero attached hydrogens (tertiary/aromatic N) is 1. The van der Waals surface area contributed by atoms with Gasteiger partial charge in [0.25, 0.3) is 0 Å². The van der Waals surface area contributed by atoms with E-state index in [1.165, 1.54) is 0 Å². The molecule has 3 heteroatoms. The van der Waals surface area contributed by atoms with E-state index < -0.39 is 0 Å². The summed E-state index contributed by atoms with van der Waals surface area (Å²) in [6, 6.07) is 22.7. The third kappa shape index (κ3) is 2.44. The number of hydrogen-bond donors (Lipinski definition) is 0. The van der Waals surface area contributed by atoms with Crippen molar-refractivity contribution >= 4 is 22.9 Å². The minimum absolute atomic E-state index is 0.0891. The number of hydrogen-bond acceptors (Lipinski definition) is 3. The zero-order valence-corrected chi connectivity index (χ0v) is 14.8. The van der Waals surface area contributed by atoms with Gasteiger partial charge in [-0.2, -0.15) is 0 Å². The Morgan fingerprint density at radius 1 is 0.654 bits per heavy atom. The molecule has 0 N–H and O–H groups in total. The minimum Gasteiger partial charge on any atom is -0.338 e. The molecule has 1 aliphatic carbocycles. The Kier molecular flexibility index (Phi) is 3.92. The molecule has 0 aromatic heterocycles. The van der Waals surface area contributed by atoms with Crippen LogP contribution in [0.3, 0.4) is 0 Å². The van der Waals surface area contributed by atoms with Crippen LogP contribution in [0.2, 0.25) is 0 Å². The summed E-state index contributed by atoms with van der Waals surface area (Å²) in [5.41, 5.74) is 3.71. The summed E-state index contributed by atoms with van der Waals surface area (Å²) < 4.78 is 0. The molecule has 4 rings (SSSR count). The quantitative estimate of drug-likeness (QED) is 0.526. The summed E-state index contributed by atoms with van der Waals surface area (Å²) >= 11 is 0. The third-order valence-electron chi connectivity index (χ3n) is 4.74. The second kappa shape index (κ2) is 6.26. The molecule has 0 amide bonds. The highest BCUT2D eigenvalue weighted by Crippen LogP contribution is 2.37. The van der Waals surface area contributed by atoms with Crippen molar-refractivity contribution in [3.05, 3.63) is 95.1 Å². The van der Waals surface area contributed by atoms with E-state index in [-0.39, 0.29) is 17.6 Å². The molecule has 0 aliphatic heterocycles. The highest BCUT2D eigenvalue weighted by molar-refractivity contribution is 6.30. The van der Waals surface area contributed by atoms with Crippen molar-refractivity contribution in [2.75, 3.05) is 4.90 Å². The molecule has 0 bridgehead atoms. The van der Waals surface area contributed by atoms with Gasteiger partial charge in [-0.25, -0.2) is 0 Å². The number of fused-ring (bicyclic) bond motifs is 2. The van der Waals surface area contributed by atoms with Gasteiger partial charge < -0.3 is 4.90 Å². The lowest BCUT2D eigenvalue weighted by Crippen LogP contribution is -2.30. The Morgan fingerprint density at radius 2 is 1.23 bits per heavy atom. The van der Waals surface area contributed by atoms with Crippen LogP contribution in [-0.2, 0) is 0 Å². The van der Waals surface area contributed by atoms with E-state index >= 15 is 0 Å². The molecular weight excluding hydrogens is 322 g/mol. The van der Waals surface area contributed by atoms with Crippen molar-refractivity contribution in [3.8, 4) is 0 Å². The molecule has 3 nitrogen and oxygen atoms in total. The van der Waals surface area contributed by atoms with Crippen LogP contribution in [0.25, 0.3) is 0 Å². The fraction of sp³-hybridized carbons (Fsp3) is 0.130. The monoisotopic (exact) mass is 341 g/mol. The first-order chi connectivity index (χ1) is 12.6. The first-order valence-electron chi connectivity index (χ1n) is 8.75. The molecule has 3 aromatic carbocycles. The largest absolute Gasteiger partial charge is 0.338 e. The number of ketones is 2. The molecule has 0 radical (unpaired) electrons. The first kappa shape index (κ1) is 16.3. The standard InChI is InChI=1S/C23H19NO2/c1-15(2)24(16-9-4-3-5-10-16)20-14-8-13-19-21(20)23(26)18-12-7-6-11-17(18)22(19)25/h3-15H,1-2H3. The highest BCUT2D eigenvalue weighted by Gasteiger charge is 2.33. The van der Waals surface area contributed by atoms with Gasteiger partial charge in [-0.15, -0.1) is 0 Å². The van der Waals surface area contributed by atoms with Gasteiger partial charge in [0, 0.05) is 28.4 Å². The van der Waals surface area contributed by atoms with E-state index in [4.69, 9.17) is 0 Å². The van der Waals surface area contributed by atoms with E-state index in [9.17, 15) is 9.59 Å². The Morgan fingerprint density at radius 3 is 1.88 bits per heavy atom. The van der Waals surface area contributed by atoms with Gasteiger partial charge >= 0.3 is 0 Å². The Hall–Kier alpha value is -3.20. The molecule has 0 atom stereocenters. The molecule has 0 heterocycles. The lowest BCUT2D eigenvalue weighted by molar-refractivity contribution is 0.0979. The van der Waals surface area contributed by atoms with Crippen LogP contribution in [0.1, 0.15) is 45.7 Å². The number of carbonyl (C=O) groups excluding carboxylic acids is 2. The van der Waals surface area contributed by atoms with Crippen LogP contribution in [0.5, 0.6) is 0 Å². The SMILES string of the molecule is CC(C)N(c1ccccc1)c1cccc2c1C(=O)c1ccccc1C2=O. The molecule has 0 saturated heterocycles. The maximum Gasteiger partial charge on any atom is 0.196 e. The smallest absolute Gasteiger partial charge is 0.196 e. The van der Waals surface area contributed by atoms with E-state index in [2.05, 4.69) is 18.7 Å². The topological polar surface area (TPSA) is 37.4 Å². The predicted octanol–water partition coefficient (Wildman–Crippen LogP) is 5.01. The van der Waals surface area contributed by atoms with Gasteiger partial charge in [0.2, 0.25) is 0 Å². The highest BCUT2D eigenvalue weighted by atomic mass is 16.1. The molecule has 1 aliphatic rings. The van der Waals surface area contributed by atoms with Crippen molar-refractivity contribution in [3.63, 3.8) is 0 Å². The lowest BCUT2D eigenvalue weighted by Gasteiger charge is -2.32. The zero-order chi connectivity index (χ0) is 18.3.